The van der Waals surface area contributed by atoms with E-state index in [4.69, 9.17) is 0 Å². The number of rotatable bonds is 3. The van der Waals surface area contributed by atoms with E-state index in [0.717, 1.165) is 23.6 Å². The van der Waals surface area contributed by atoms with Gasteiger partial charge < -0.3 is 10.3 Å². The van der Waals surface area contributed by atoms with E-state index in [1.54, 1.807) is 0 Å². The van der Waals surface area contributed by atoms with Crippen molar-refractivity contribution in [3.63, 3.8) is 0 Å². The van der Waals surface area contributed by atoms with Crippen molar-refractivity contribution in [1.29, 1.82) is 0 Å². The van der Waals surface area contributed by atoms with Gasteiger partial charge in [-0.1, -0.05) is 29.8 Å². The van der Waals surface area contributed by atoms with Gasteiger partial charge in [-0.2, -0.15) is 0 Å². The molecule has 2 aromatic rings. The minimum atomic E-state index is 0.120. The van der Waals surface area contributed by atoms with Gasteiger partial charge in [-0.05, 0) is 27.7 Å². The molecule has 0 bridgehead atoms. The molecule has 2 rings (SSSR count). The van der Waals surface area contributed by atoms with Crippen LogP contribution in [0.5, 0.6) is 0 Å². The zero-order valence-electron chi connectivity index (χ0n) is 11.5. The molecule has 3 heteroatoms. The fourth-order valence-corrected chi connectivity index (χ4v) is 1.67. The number of benzene rings is 1. The molecule has 1 heterocycles. The molecule has 0 fully saturated rings. The van der Waals surface area contributed by atoms with Gasteiger partial charge in [0.1, 0.15) is 5.82 Å². The van der Waals surface area contributed by atoms with Gasteiger partial charge in [0.05, 0.1) is 0 Å². The lowest BCUT2D eigenvalue weighted by Crippen LogP contribution is -2.35. The summed E-state index contributed by atoms with van der Waals surface area (Å²) in [4.78, 5) is 7.77. The molecule has 0 saturated carbocycles. The van der Waals surface area contributed by atoms with Gasteiger partial charge in [-0.25, -0.2) is 4.98 Å². The summed E-state index contributed by atoms with van der Waals surface area (Å²) in [5, 5.41) is 3.44. The molecular weight excluding hydrogens is 222 g/mol. The molecule has 0 radical (unpaired) electrons. The van der Waals surface area contributed by atoms with E-state index in [1.807, 2.05) is 6.20 Å². The second-order valence-electron chi connectivity index (χ2n) is 5.73. The molecule has 3 nitrogen and oxygen atoms in total. The van der Waals surface area contributed by atoms with Gasteiger partial charge >= 0.3 is 0 Å². The van der Waals surface area contributed by atoms with E-state index in [-0.39, 0.29) is 5.54 Å². The first kappa shape index (κ1) is 12.8. The normalized spacial score (nSPS) is 11.8. The highest BCUT2D eigenvalue weighted by Gasteiger charge is 2.10. The summed E-state index contributed by atoms with van der Waals surface area (Å²) in [6, 6.07) is 8.39. The molecule has 0 saturated heterocycles. The minimum absolute atomic E-state index is 0.120. The molecule has 0 amide bonds. The Bertz CT molecular complexity index is 503. The minimum Gasteiger partial charge on any atom is -0.341 e. The Morgan fingerprint density at radius 2 is 1.83 bits per heavy atom. The van der Waals surface area contributed by atoms with Crippen molar-refractivity contribution in [2.24, 2.45) is 0 Å². The van der Waals surface area contributed by atoms with E-state index >= 15 is 0 Å². The Balaban J connectivity index is 2.08. The first-order valence-corrected chi connectivity index (χ1v) is 6.30. The van der Waals surface area contributed by atoms with E-state index in [0.29, 0.717) is 0 Å². The molecular formula is C15H21N3. The first-order valence-electron chi connectivity index (χ1n) is 6.30. The summed E-state index contributed by atoms with van der Waals surface area (Å²) in [7, 11) is 0. The summed E-state index contributed by atoms with van der Waals surface area (Å²) in [5.41, 5.74) is 3.62. The quantitative estimate of drug-likeness (QED) is 0.868. The van der Waals surface area contributed by atoms with Crippen LogP contribution in [0.2, 0.25) is 0 Å². The number of aromatic amines is 1. The molecule has 0 aliphatic rings. The Morgan fingerprint density at radius 1 is 1.17 bits per heavy atom. The van der Waals surface area contributed by atoms with E-state index in [1.165, 1.54) is 5.56 Å². The number of hydrogen-bond acceptors (Lipinski definition) is 2. The predicted octanol–water partition coefficient (Wildman–Crippen LogP) is 3.27. The standard InChI is InChI=1S/C15H21N3/c1-11-5-7-12(8-6-11)14-16-9-13(18-14)10-17-15(2,3)4/h5-9,17H,10H2,1-4H3,(H,16,18). The van der Waals surface area contributed by atoms with Gasteiger partial charge in [-0.15, -0.1) is 0 Å². The summed E-state index contributed by atoms with van der Waals surface area (Å²) >= 11 is 0. The third-order valence-electron chi connectivity index (χ3n) is 2.76. The number of imidazole rings is 1. The number of aromatic nitrogens is 2. The lowest BCUT2D eigenvalue weighted by molar-refractivity contribution is 0.422. The second kappa shape index (κ2) is 4.94. The Hall–Kier alpha value is -1.61. The zero-order chi connectivity index (χ0) is 13.2. The summed E-state index contributed by atoms with van der Waals surface area (Å²) in [5.74, 6) is 0.931. The van der Waals surface area contributed by atoms with Gasteiger partial charge in [0.15, 0.2) is 0 Å². The maximum absolute atomic E-state index is 4.42. The van der Waals surface area contributed by atoms with Crippen LogP contribution in [-0.4, -0.2) is 15.5 Å². The molecule has 1 aromatic carbocycles. The van der Waals surface area contributed by atoms with Crippen LogP contribution < -0.4 is 5.32 Å². The predicted molar refractivity (Wildman–Crippen MR) is 75.4 cm³/mol. The van der Waals surface area contributed by atoms with E-state index in [9.17, 15) is 0 Å². The van der Waals surface area contributed by atoms with Gasteiger partial charge in [0, 0.05) is 29.5 Å². The zero-order valence-corrected chi connectivity index (χ0v) is 11.5. The Labute approximate surface area is 109 Å². The molecule has 0 spiro atoms. The van der Waals surface area contributed by atoms with E-state index in [2.05, 4.69) is 67.2 Å². The van der Waals surface area contributed by atoms with Crippen molar-refractivity contribution in [2.45, 2.75) is 39.8 Å². The smallest absolute Gasteiger partial charge is 0.137 e. The number of nitrogens with one attached hydrogen (secondary N) is 2. The van der Waals surface area contributed by atoms with Crippen LogP contribution in [-0.2, 0) is 6.54 Å². The molecule has 0 aliphatic heterocycles. The molecule has 0 unspecified atom stereocenters. The van der Waals surface area contributed by atoms with Crippen LogP contribution in [0.1, 0.15) is 32.0 Å². The number of H-pyrrole nitrogens is 1. The van der Waals surface area contributed by atoms with Gasteiger partial charge in [0.25, 0.3) is 0 Å². The fraction of sp³-hybridized carbons (Fsp3) is 0.400. The Kier molecular flexibility index (Phi) is 3.53. The van der Waals surface area contributed by atoms with Crippen LogP contribution in [0.15, 0.2) is 30.5 Å². The topological polar surface area (TPSA) is 40.7 Å². The number of hydrogen-bond donors (Lipinski definition) is 2. The summed E-state index contributed by atoms with van der Waals surface area (Å²) in [6.07, 6.45) is 1.90. The van der Waals surface area contributed by atoms with E-state index < -0.39 is 0 Å². The highest BCUT2D eigenvalue weighted by atomic mass is 15.0. The van der Waals surface area contributed by atoms with Crippen molar-refractivity contribution in [3.8, 4) is 11.4 Å². The van der Waals surface area contributed by atoms with Crippen LogP contribution >= 0.6 is 0 Å². The van der Waals surface area contributed by atoms with Gasteiger partial charge in [0.2, 0.25) is 0 Å². The number of aryl methyl sites for hydroxylation is 1. The Morgan fingerprint density at radius 3 is 2.44 bits per heavy atom. The third-order valence-corrected chi connectivity index (χ3v) is 2.76. The largest absolute Gasteiger partial charge is 0.341 e. The molecule has 1 aromatic heterocycles. The van der Waals surface area contributed by atoms with Crippen LogP contribution in [0, 0.1) is 6.92 Å². The third kappa shape index (κ3) is 3.44. The van der Waals surface area contributed by atoms with Crippen LogP contribution in [0.4, 0.5) is 0 Å². The highest BCUT2D eigenvalue weighted by molar-refractivity contribution is 5.55. The van der Waals surface area contributed by atoms with Crippen molar-refractivity contribution in [2.75, 3.05) is 0 Å². The maximum Gasteiger partial charge on any atom is 0.137 e. The molecule has 18 heavy (non-hydrogen) atoms. The lowest BCUT2D eigenvalue weighted by atomic mass is 10.1. The first-order chi connectivity index (χ1) is 8.44. The maximum atomic E-state index is 4.42. The SMILES string of the molecule is Cc1ccc(-c2ncc(CNC(C)(C)C)[nH]2)cc1. The molecule has 0 aliphatic carbocycles. The molecule has 2 N–H and O–H groups in total. The monoisotopic (exact) mass is 243 g/mol. The molecule has 96 valence electrons. The van der Waals surface area contributed by atoms with Gasteiger partial charge in [-0.3, -0.25) is 0 Å². The molecule has 0 atom stereocenters. The average molecular weight is 243 g/mol. The fourth-order valence-electron chi connectivity index (χ4n) is 1.67. The van der Waals surface area contributed by atoms with Crippen LogP contribution in [0.25, 0.3) is 11.4 Å². The summed E-state index contributed by atoms with van der Waals surface area (Å²) in [6.45, 7) is 9.37. The van der Waals surface area contributed by atoms with Crippen molar-refractivity contribution < 1.29 is 0 Å². The van der Waals surface area contributed by atoms with Crippen molar-refractivity contribution in [3.05, 3.63) is 41.7 Å². The second-order valence-corrected chi connectivity index (χ2v) is 5.73. The average Bonchev–Trinajstić information content (AvgIpc) is 2.75. The number of nitrogens with zero attached hydrogens (tertiary/aromatic N) is 1. The lowest BCUT2D eigenvalue weighted by Gasteiger charge is -2.19. The van der Waals surface area contributed by atoms with Crippen molar-refractivity contribution in [1.82, 2.24) is 15.3 Å². The summed E-state index contributed by atoms with van der Waals surface area (Å²) < 4.78 is 0. The highest BCUT2D eigenvalue weighted by Crippen LogP contribution is 2.16. The van der Waals surface area contributed by atoms with Crippen LogP contribution in [0.3, 0.4) is 0 Å². The van der Waals surface area contributed by atoms with Crippen molar-refractivity contribution >= 4 is 0 Å².